The first-order valence-electron chi connectivity index (χ1n) is 4.38. The molecule has 0 unspecified atom stereocenters. The largest absolute Gasteiger partial charge is 0.462 e. The molecule has 0 spiro atoms. The highest BCUT2D eigenvalue weighted by molar-refractivity contribution is 6.30. The smallest absolute Gasteiger partial charge is 0.341 e. The van der Waals surface area contributed by atoms with Crippen LogP contribution in [0.3, 0.4) is 0 Å². The van der Waals surface area contributed by atoms with Crippen LogP contribution in [0.1, 0.15) is 29.3 Å². The van der Waals surface area contributed by atoms with E-state index in [4.69, 9.17) is 17.3 Å². The van der Waals surface area contributed by atoms with E-state index in [2.05, 4.69) is 9.72 Å². The molecule has 1 heterocycles. The highest BCUT2D eigenvalue weighted by Crippen LogP contribution is 2.28. The second-order valence-corrected chi connectivity index (χ2v) is 3.18. The molecular formula is C9H9ClF2N2O2. The van der Waals surface area contributed by atoms with Gasteiger partial charge in [0.15, 0.2) is 0 Å². The van der Waals surface area contributed by atoms with E-state index in [1.54, 1.807) is 6.92 Å². The Morgan fingerprint density at radius 1 is 1.69 bits per heavy atom. The van der Waals surface area contributed by atoms with Crippen LogP contribution >= 0.6 is 11.6 Å². The summed E-state index contributed by atoms with van der Waals surface area (Å²) in [5, 5.41) is -0.416. The summed E-state index contributed by atoms with van der Waals surface area (Å²) < 4.78 is 29.6. The molecule has 7 heteroatoms. The number of hydrogen-bond acceptors (Lipinski definition) is 4. The minimum atomic E-state index is -2.83. The molecule has 16 heavy (non-hydrogen) atoms. The van der Waals surface area contributed by atoms with E-state index in [0.717, 1.165) is 6.07 Å². The number of esters is 1. The number of anilines is 1. The fourth-order valence-electron chi connectivity index (χ4n) is 1.04. The lowest BCUT2D eigenvalue weighted by atomic mass is 10.2. The maximum absolute atomic E-state index is 12.5. The van der Waals surface area contributed by atoms with Gasteiger partial charge in [0.25, 0.3) is 6.43 Å². The molecule has 0 saturated heterocycles. The van der Waals surface area contributed by atoms with Gasteiger partial charge in [0.1, 0.15) is 16.5 Å². The number of hydrogen-bond donors (Lipinski definition) is 1. The molecule has 1 aromatic rings. The average molecular weight is 251 g/mol. The Kier molecular flexibility index (Phi) is 4.00. The lowest BCUT2D eigenvalue weighted by Crippen LogP contribution is -2.10. The zero-order chi connectivity index (χ0) is 12.3. The number of carbonyl (C=O) groups is 1. The van der Waals surface area contributed by atoms with E-state index in [1.807, 2.05) is 0 Å². The topological polar surface area (TPSA) is 65.2 Å². The van der Waals surface area contributed by atoms with Gasteiger partial charge in [-0.05, 0) is 13.0 Å². The molecule has 0 bridgehead atoms. The summed E-state index contributed by atoms with van der Waals surface area (Å²) in [5.41, 5.74) is 4.63. The summed E-state index contributed by atoms with van der Waals surface area (Å²) >= 11 is 5.46. The summed E-state index contributed by atoms with van der Waals surface area (Å²) in [5.74, 6) is -1.03. The Labute approximate surface area is 95.4 Å². The van der Waals surface area contributed by atoms with Crippen molar-refractivity contribution in [1.29, 1.82) is 0 Å². The van der Waals surface area contributed by atoms with Crippen LogP contribution in [0.4, 0.5) is 14.6 Å². The van der Waals surface area contributed by atoms with Crippen LogP contribution in [-0.4, -0.2) is 17.6 Å². The first-order valence-corrected chi connectivity index (χ1v) is 4.76. The van der Waals surface area contributed by atoms with Crippen molar-refractivity contribution in [3.8, 4) is 0 Å². The molecule has 4 nitrogen and oxygen atoms in total. The lowest BCUT2D eigenvalue weighted by Gasteiger charge is -2.08. The second-order valence-electron chi connectivity index (χ2n) is 2.82. The predicted molar refractivity (Wildman–Crippen MR) is 54.6 cm³/mol. The van der Waals surface area contributed by atoms with Gasteiger partial charge in [-0.3, -0.25) is 0 Å². The number of nitrogens with two attached hydrogens (primary N) is 1. The third kappa shape index (κ3) is 2.57. The zero-order valence-electron chi connectivity index (χ0n) is 8.34. The summed E-state index contributed by atoms with van der Waals surface area (Å²) in [4.78, 5) is 14.8. The van der Waals surface area contributed by atoms with Crippen LogP contribution in [0, 0.1) is 0 Å². The van der Waals surface area contributed by atoms with Crippen molar-refractivity contribution in [2.45, 2.75) is 13.3 Å². The highest BCUT2D eigenvalue weighted by atomic mass is 35.5. The number of ether oxygens (including phenoxy) is 1. The van der Waals surface area contributed by atoms with Gasteiger partial charge in [-0.25, -0.2) is 18.6 Å². The summed E-state index contributed by atoms with van der Waals surface area (Å²) in [7, 11) is 0. The molecule has 2 N–H and O–H groups in total. The van der Waals surface area contributed by atoms with Crippen LogP contribution < -0.4 is 5.73 Å². The lowest BCUT2D eigenvalue weighted by molar-refractivity contribution is 0.0527. The molecule has 0 aliphatic heterocycles. The number of rotatable bonds is 3. The van der Waals surface area contributed by atoms with Gasteiger partial charge in [-0.15, -0.1) is 0 Å². The zero-order valence-corrected chi connectivity index (χ0v) is 9.09. The van der Waals surface area contributed by atoms with Crippen molar-refractivity contribution in [3.63, 3.8) is 0 Å². The SMILES string of the molecule is CCOC(=O)c1cc(C(F)F)c(Cl)nc1N. The standard InChI is InChI=1S/C9H9ClF2N2O2/c1-2-16-9(15)5-3-4(7(11)12)6(10)14-8(5)13/h3,7H,2H2,1H3,(H2,13,14). The second kappa shape index (κ2) is 5.07. The fraction of sp³-hybridized carbons (Fsp3) is 0.333. The molecular weight excluding hydrogens is 242 g/mol. The van der Waals surface area contributed by atoms with Crippen molar-refractivity contribution in [1.82, 2.24) is 4.98 Å². The van der Waals surface area contributed by atoms with Crippen LogP contribution in [0.15, 0.2) is 6.07 Å². The van der Waals surface area contributed by atoms with Crippen molar-refractivity contribution >= 4 is 23.4 Å². The summed E-state index contributed by atoms with van der Waals surface area (Å²) in [6.45, 7) is 1.70. The first kappa shape index (κ1) is 12.6. The Bertz CT molecular complexity index is 413. The van der Waals surface area contributed by atoms with E-state index in [0.29, 0.717) is 0 Å². The van der Waals surface area contributed by atoms with Gasteiger partial charge in [-0.1, -0.05) is 11.6 Å². The van der Waals surface area contributed by atoms with Gasteiger partial charge in [0.05, 0.1) is 12.2 Å². The van der Waals surface area contributed by atoms with E-state index < -0.39 is 23.1 Å². The normalized spacial score (nSPS) is 10.6. The van der Waals surface area contributed by atoms with E-state index in [9.17, 15) is 13.6 Å². The number of nitrogens with zero attached hydrogens (tertiary/aromatic N) is 1. The van der Waals surface area contributed by atoms with Gasteiger partial charge < -0.3 is 10.5 Å². The number of nitrogen functional groups attached to an aromatic ring is 1. The van der Waals surface area contributed by atoms with Crippen LogP contribution in [0.2, 0.25) is 5.15 Å². The molecule has 0 amide bonds. The maximum atomic E-state index is 12.5. The minimum Gasteiger partial charge on any atom is -0.462 e. The number of alkyl halides is 2. The van der Waals surface area contributed by atoms with E-state index in [1.165, 1.54) is 0 Å². The molecule has 0 saturated carbocycles. The van der Waals surface area contributed by atoms with Crippen LogP contribution in [0.25, 0.3) is 0 Å². The monoisotopic (exact) mass is 250 g/mol. The molecule has 0 aliphatic carbocycles. The molecule has 0 aromatic carbocycles. The van der Waals surface area contributed by atoms with Crippen molar-refractivity contribution in [2.24, 2.45) is 0 Å². The Hall–Kier alpha value is -1.43. The van der Waals surface area contributed by atoms with E-state index in [-0.39, 0.29) is 18.0 Å². The Morgan fingerprint density at radius 3 is 2.81 bits per heavy atom. The molecule has 0 aliphatic rings. The van der Waals surface area contributed by atoms with Gasteiger partial charge in [-0.2, -0.15) is 0 Å². The third-order valence-corrected chi connectivity index (χ3v) is 2.07. The fourth-order valence-corrected chi connectivity index (χ4v) is 1.27. The molecule has 1 aromatic heterocycles. The predicted octanol–water partition coefficient (Wildman–Crippen LogP) is 2.43. The number of halogens is 3. The number of aromatic nitrogens is 1. The maximum Gasteiger partial charge on any atom is 0.341 e. The minimum absolute atomic E-state index is 0.116. The molecule has 0 atom stereocenters. The van der Waals surface area contributed by atoms with Gasteiger partial charge in [0.2, 0.25) is 0 Å². The van der Waals surface area contributed by atoms with Crippen molar-refractivity contribution < 1.29 is 18.3 Å². The summed E-state index contributed by atoms with van der Waals surface area (Å²) in [6, 6.07) is 0.896. The molecule has 0 radical (unpaired) electrons. The number of carbonyl (C=O) groups excluding carboxylic acids is 1. The number of pyridine rings is 1. The third-order valence-electron chi connectivity index (χ3n) is 1.76. The quantitative estimate of drug-likeness (QED) is 0.661. The molecule has 88 valence electrons. The van der Waals surface area contributed by atoms with Crippen molar-refractivity contribution in [3.05, 3.63) is 22.3 Å². The van der Waals surface area contributed by atoms with Crippen LogP contribution in [0.5, 0.6) is 0 Å². The van der Waals surface area contributed by atoms with Gasteiger partial charge >= 0.3 is 5.97 Å². The molecule has 1 rings (SSSR count). The summed E-state index contributed by atoms with van der Waals surface area (Å²) in [6.07, 6.45) is -2.83. The Balaban J connectivity index is 3.19. The van der Waals surface area contributed by atoms with E-state index >= 15 is 0 Å². The molecule has 0 fully saturated rings. The Morgan fingerprint density at radius 2 is 2.31 bits per heavy atom. The van der Waals surface area contributed by atoms with Gasteiger partial charge in [0, 0.05) is 0 Å². The van der Waals surface area contributed by atoms with Crippen LogP contribution in [-0.2, 0) is 4.74 Å². The van der Waals surface area contributed by atoms with Crippen molar-refractivity contribution in [2.75, 3.05) is 12.3 Å². The average Bonchev–Trinajstić information content (AvgIpc) is 2.17. The first-order chi connectivity index (χ1) is 7.47. The highest BCUT2D eigenvalue weighted by Gasteiger charge is 2.20.